The summed E-state index contributed by atoms with van der Waals surface area (Å²) in [6.45, 7) is 27.4. The quantitative estimate of drug-likeness (QED) is 0.149. The Bertz CT molecular complexity index is 2740. The van der Waals surface area contributed by atoms with E-state index in [1.807, 2.05) is 46.6 Å². The monoisotopic (exact) mass is 1010 g/mol. The molecule has 0 fully saturated rings. The zero-order chi connectivity index (χ0) is 40.7. The van der Waals surface area contributed by atoms with Gasteiger partial charge in [0.25, 0.3) is 0 Å². The third kappa shape index (κ3) is 9.60. The molecule has 8 aromatic rings. The second kappa shape index (κ2) is 21.3. The van der Waals surface area contributed by atoms with Crippen LogP contribution >= 0.6 is 0 Å². The molecule has 0 spiro atoms. The summed E-state index contributed by atoms with van der Waals surface area (Å²) < 4.78 is 8.35. The Morgan fingerprint density at radius 2 is 1.03 bits per heavy atom. The predicted octanol–water partition coefficient (Wildman–Crippen LogP) is 13.6. The Labute approximate surface area is 385 Å². The van der Waals surface area contributed by atoms with E-state index >= 15 is 0 Å². The van der Waals surface area contributed by atoms with E-state index in [1.165, 1.54) is 50.6 Å². The van der Waals surface area contributed by atoms with Gasteiger partial charge in [0, 0.05) is 54.0 Å². The Balaban J connectivity index is 0.000000397. The van der Waals surface area contributed by atoms with E-state index in [9.17, 15) is 0 Å². The number of hydrogen-bond acceptors (Lipinski definition) is 4. The first kappa shape index (κ1) is 52.2. The van der Waals surface area contributed by atoms with E-state index in [-0.39, 0.29) is 49.8 Å². The molecule has 0 bridgehead atoms. The molecular formula is C53H66IrN8-2. The first-order valence-electron chi connectivity index (χ1n) is 19.3. The minimum absolute atomic E-state index is 0. The zero-order valence-corrected chi connectivity index (χ0v) is 37.7. The Hall–Kier alpha value is -5.89. The van der Waals surface area contributed by atoms with Crippen LogP contribution in [0.25, 0.3) is 51.6 Å². The zero-order valence-electron chi connectivity index (χ0n) is 35.3. The largest absolute Gasteiger partial charge is 0.341 e. The van der Waals surface area contributed by atoms with Crippen molar-refractivity contribution >= 4 is 6.08 Å². The average molecular weight is 1010 g/mol. The Kier molecular flexibility index (Phi) is 17.9. The van der Waals surface area contributed by atoms with Gasteiger partial charge in [-0.05, 0) is 126 Å². The van der Waals surface area contributed by atoms with Crippen molar-refractivity contribution in [3.05, 3.63) is 171 Å². The van der Waals surface area contributed by atoms with Crippen LogP contribution in [-0.2, 0) is 20.1 Å². The molecule has 4 aromatic carbocycles. The van der Waals surface area contributed by atoms with E-state index in [2.05, 4.69) is 167 Å². The summed E-state index contributed by atoms with van der Waals surface area (Å²) in [5, 5.41) is 9.16. The van der Waals surface area contributed by atoms with Crippen LogP contribution in [0.15, 0.2) is 91.8 Å². The smallest absolute Gasteiger partial charge is 0.161 e. The van der Waals surface area contributed by atoms with E-state index in [0.717, 1.165) is 62.5 Å². The second-order valence-corrected chi connectivity index (χ2v) is 14.9. The Morgan fingerprint density at radius 1 is 0.548 bits per heavy atom. The number of nitrogens with zero attached hydrogens (tertiary/aromatic N) is 8. The molecule has 0 aliphatic heterocycles. The number of aryl methyl sites for hydroxylation is 3. The molecule has 1 radical (unpaired) electrons. The van der Waals surface area contributed by atoms with E-state index in [4.69, 9.17) is 4.98 Å². The van der Waals surface area contributed by atoms with Crippen molar-refractivity contribution < 1.29 is 20.1 Å². The van der Waals surface area contributed by atoms with Gasteiger partial charge in [0.15, 0.2) is 11.6 Å². The molecule has 0 saturated heterocycles. The van der Waals surface area contributed by atoms with Gasteiger partial charge < -0.3 is 9.13 Å². The van der Waals surface area contributed by atoms with Crippen LogP contribution in [-0.4, -0.2) is 38.7 Å². The van der Waals surface area contributed by atoms with Crippen molar-refractivity contribution in [2.45, 2.75) is 106 Å². The third-order valence-electron chi connectivity index (χ3n) is 11.5. The van der Waals surface area contributed by atoms with Gasteiger partial charge in [-0.25, -0.2) is 19.3 Å². The average Bonchev–Trinajstić information content (AvgIpc) is 3.95. The van der Waals surface area contributed by atoms with Crippen LogP contribution < -0.4 is 0 Å². The summed E-state index contributed by atoms with van der Waals surface area (Å²) in [7, 11) is 0. The molecule has 0 atom stereocenters. The first-order chi connectivity index (χ1) is 27.3. The summed E-state index contributed by atoms with van der Waals surface area (Å²) in [6, 6.07) is 33.5. The summed E-state index contributed by atoms with van der Waals surface area (Å²) in [5.74, 6) is 2.38. The van der Waals surface area contributed by atoms with Crippen molar-refractivity contribution in [3.8, 4) is 45.5 Å². The van der Waals surface area contributed by atoms with Gasteiger partial charge in [-0.2, -0.15) is 34.5 Å². The maximum Gasteiger partial charge on any atom is 0.161 e. The van der Waals surface area contributed by atoms with E-state index in [0.29, 0.717) is 0 Å². The first-order valence-corrected chi connectivity index (χ1v) is 19.3. The fourth-order valence-electron chi connectivity index (χ4n) is 7.69. The fraction of sp³-hybridized carbons (Fsp3) is 0.283. The molecule has 0 amide bonds. The van der Waals surface area contributed by atoms with Crippen LogP contribution in [0, 0.1) is 88.3 Å². The molecule has 4 aromatic heterocycles. The van der Waals surface area contributed by atoms with Crippen LogP contribution in [0.5, 0.6) is 0 Å². The summed E-state index contributed by atoms with van der Waals surface area (Å²) in [4.78, 5) is 9.23. The van der Waals surface area contributed by atoms with Crippen molar-refractivity contribution in [1.82, 2.24) is 38.7 Å². The van der Waals surface area contributed by atoms with Crippen LogP contribution in [0.4, 0.5) is 0 Å². The van der Waals surface area contributed by atoms with Gasteiger partial charge in [-0.1, -0.05) is 96.2 Å². The summed E-state index contributed by atoms with van der Waals surface area (Å²) in [5.41, 5.74) is 19.9. The molecule has 62 heavy (non-hydrogen) atoms. The molecule has 0 saturated carbocycles. The molecule has 0 N–H and O–H groups in total. The summed E-state index contributed by atoms with van der Waals surface area (Å²) in [6.07, 6.45) is 3.46. The van der Waals surface area contributed by atoms with Crippen molar-refractivity contribution in [2.75, 3.05) is 0 Å². The van der Waals surface area contributed by atoms with Crippen molar-refractivity contribution in [3.63, 3.8) is 0 Å². The minimum atomic E-state index is 0. The third-order valence-corrected chi connectivity index (χ3v) is 11.5. The molecule has 8 rings (SSSR count). The van der Waals surface area contributed by atoms with Crippen molar-refractivity contribution in [2.24, 2.45) is 0 Å². The normalized spacial score (nSPS) is 10.2. The number of hydrogen-bond donors (Lipinski definition) is 0. The molecule has 0 unspecified atom stereocenters. The number of benzene rings is 4. The van der Waals surface area contributed by atoms with Crippen LogP contribution in [0.3, 0.4) is 0 Å². The van der Waals surface area contributed by atoms with Gasteiger partial charge in [0.1, 0.15) is 12.2 Å². The van der Waals surface area contributed by atoms with E-state index < -0.39 is 0 Å². The molecular weight excluding hydrogens is 941 g/mol. The predicted molar refractivity (Wildman–Crippen MR) is 259 cm³/mol. The SMILES string of the molecule is C.C.C.C.C=Cc1ccc(-c2nc(C)nn2-c2[c-]ccc(-n3c(C)c(C)c(C)c3C)c2)c(C)c1.Cc1ccccc1-c1ncnn1-c1[c-]ccc(-n2c(C)c(C)c(C)c2C)c1.[Ir]. The standard InChI is InChI=1S/C26H27N4.C23H23N4.4CH4.Ir/c1-8-22-12-13-25(16(2)14-22)26-27-21(7)28-30(26)24-11-9-10-23(15-24)29-19(5)17(3)18(4)20(29)6;1-15-9-6-7-12-22(15)23-24-14-25-27(23)21-11-8-10-20(13-21)26-18(4)16(2)17(3)19(26)5;;;;;/h8-10,12-15H,1H2,2-7H3;6-10,12-14H,1-5H3;4*1H4;/q2*-1;;;;;. The fourth-order valence-corrected chi connectivity index (χ4v) is 7.69. The molecule has 329 valence electrons. The minimum Gasteiger partial charge on any atom is -0.341 e. The van der Waals surface area contributed by atoms with Gasteiger partial charge >= 0.3 is 0 Å². The van der Waals surface area contributed by atoms with Gasteiger partial charge in [-0.15, -0.1) is 24.3 Å². The van der Waals surface area contributed by atoms with Crippen LogP contribution in [0.2, 0.25) is 0 Å². The van der Waals surface area contributed by atoms with Gasteiger partial charge in [0.05, 0.1) is 0 Å². The summed E-state index contributed by atoms with van der Waals surface area (Å²) >= 11 is 0. The maximum atomic E-state index is 4.73. The second-order valence-electron chi connectivity index (χ2n) is 14.9. The molecule has 0 aliphatic rings. The molecule has 8 nitrogen and oxygen atoms in total. The Morgan fingerprint density at radius 3 is 1.52 bits per heavy atom. The topological polar surface area (TPSA) is 71.3 Å². The number of aromatic nitrogens is 8. The maximum absolute atomic E-state index is 4.73. The van der Waals surface area contributed by atoms with E-state index in [1.54, 1.807) is 6.33 Å². The van der Waals surface area contributed by atoms with Crippen LogP contribution in [0.1, 0.15) is 97.3 Å². The number of rotatable bonds is 7. The molecule has 0 aliphatic carbocycles. The van der Waals surface area contributed by atoms with Gasteiger partial charge in [-0.3, -0.25) is 0 Å². The van der Waals surface area contributed by atoms with Crippen molar-refractivity contribution in [1.29, 1.82) is 0 Å². The van der Waals surface area contributed by atoms with Gasteiger partial charge in [0.2, 0.25) is 0 Å². The molecule has 9 heteroatoms. The molecule has 4 heterocycles.